The van der Waals surface area contributed by atoms with E-state index in [1.54, 1.807) is 75.4 Å². The number of terminal acetylenes is 1. The van der Waals surface area contributed by atoms with Crippen molar-refractivity contribution in [3.05, 3.63) is 92.6 Å². The van der Waals surface area contributed by atoms with Crippen molar-refractivity contribution in [3.63, 3.8) is 0 Å². The first-order chi connectivity index (χ1) is 18.5. The number of nitrogens with zero attached hydrogens (tertiary/aromatic N) is 1. The summed E-state index contributed by atoms with van der Waals surface area (Å²) in [7, 11) is 0. The smallest absolute Gasteiger partial charge is 0.436 e. The number of aliphatic imine (C=N–C) groups is 1. The Kier molecular flexibility index (Phi) is 9.84. The molecule has 2 amide bonds. The van der Waals surface area contributed by atoms with Crippen molar-refractivity contribution in [1.29, 1.82) is 0 Å². The molecule has 0 heterocycles. The summed E-state index contributed by atoms with van der Waals surface area (Å²) in [5.41, 5.74) is 8.28. The summed E-state index contributed by atoms with van der Waals surface area (Å²) < 4.78 is 6.07. The van der Waals surface area contributed by atoms with E-state index in [0.717, 1.165) is 3.57 Å². The van der Waals surface area contributed by atoms with Crippen LogP contribution in [0.25, 0.3) is 0 Å². The lowest BCUT2D eigenvalue weighted by Crippen LogP contribution is -2.24. The number of amides is 2. The topological polar surface area (TPSA) is 123 Å². The molecule has 3 aromatic carbocycles. The molecular weight excluding hydrogens is 607 g/mol. The molecule has 0 radical (unpaired) electrons. The average molecular weight is 636 g/mol. The molecule has 200 valence electrons. The molecule has 0 aromatic heterocycles. The van der Waals surface area contributed by atoms with Gasteiger partial charge in [0.25, 0.3) is 0 Å². The standard InChI is InChI=1S/C30H29IN4O4/c1-5-15-33-24-14-11-20(28(32)35-29(38)39-30(2,3)4)16-21(24)17-26(36)34-25-18-22(31)12-13-23(25)27(37)19-9-7-6-8-10-19/h1,6-14,16,18,33H,15,17H2,2-4H3,(H,34,36)(H2,32,35,38). The molecule has 0 unspecified atom stereocenters. The summed E-state index contributed by atoms with van der Waals surface area (Å²) in [5, 5.41) is 5.96. The number of benzene rings is 3. The zero-order chi connectivity index (χ0) is 28.6. The minimum Gasteiger partial charge on any atom is -0.442 e. The van der Waals surface area contributed by atoms with E-state index in [4.69, 9.17) is 16.9 Å². The minimum absolute atomic E-state index is 0.0530. The van der Waals surface area contributed by atoms with Gasteiger partial charge in [-0.2, -0.15) is 4.99 Å². The summed E-state index contributed by atoms with van der Waals surface area (Å²) in [4.78, 5) is 42.3. The highest BCUT2D eigenvalue weighted by Gasteiger charge is 2.19. The molecule has 0 aliphatic rings. The van der Waals surface area contributed by atoms with E-state index in [2.05, 4.69) is 44.1 Å². The van der Waals surface area contributed by atoms with Gasteiger partial charge in [0.2, 0.25) is 5.91 Å². The lowest BCUT2D eigenvalue weighted by molar-refractivity contribution is -0.115. The molecule has 0 saturated heterocycles. The molecule has 4 N–H and O–H groups in total. The Bertz CT molecular complexity index is 1450. The number of hydrogen-bond acceptors (Lipinski definition) is 5. The van der Waals surface area contributed by atoms with Crippen LogP contribution in [0.5, 0.6) is 0 Å². The fraction of sp³-hybridized carbons (Fsp3) is 0.200. The number of carbonyl (C=O) groups excluding carboxylic acids is 3. The van der Waals surface area contributed by atoms with Gasteiger partial charge in [-0.05, 0) is 85.3 Å². The fourth-order valence-electron chi connectivity index (χ4n) is 3.60. The Morgan fingerprint density at radius 2 is 1.72 bits per heavy atom. The van der Waals surface area contributed by atoms with Crippen molar-refractivity contribution in [2.24, 2.45) is 10.7 Å². The normalized spacial score (nSPS) is 11.3. The van der Waals surface area contributed by atoms with Crippen molar-refractivity contribution in [2.45, 2.75) is 32.8 Å². The second-order valence-electron chi connectivity index (χ2n) is 9.52. The Morgan fingerprint density at radius 1 is 1.00 bits per heavy atom. The van der Waals surface area contributed by atoms with Crippen LogP contribution in [0.15, 0.2) is 71.7 Å². The van der Waals surface area contributed by atoms with Crippen LogP contribution in [0, 0.1) is 15.9 Å². The van der Waals surface area contributed by atoms with E-state index in [1.807, 2.05) is 12.1 Å². The van der Waals surface area contributed by atoms with E-state index >= 15 is 0 Å². The first-order valence-corrected chi connectivity index (χ1v) is 13.1. The zero-order valence-corrected chi connectivity index (χ0v) is 24.0. The van der Waals surface area contributed by atoms with Crippen LogP contribution in [-0.2, 0) is 16.0 Å². The van der Waals surface area contributed by atoms with Gasteiger partial charge in [-0.1, -0.05) is 36.3 Å². The van der Waals surface area contributed by atoms with Gasteiger partial charge in [-0.25, -0.2) is 4.79 Å². The molecule has 0 aliphatic heterocycles. The van der Waals surface area contributed by atoms with Gasteiger partial charge in [0.05, 0.1) is 18.7 Å². The van der Waals surface area contributed by atoms with Gasteiger partial charge in [0.15, 0.2) is 5.78 Å². The van der Waals surface area contributed by atoms with Crippen molar-refractivity contribution in [3.8, 4) is 12.3 Å². The average Bonchev–Trinajstić information content (AvgIpc) is 2.87. The first kappa shape index (κ1) is 29.4. The molecule has 0 aliphatic carbocycles. The lowest BCUT2D eigenvalue weighted by Gasteiger charge is -2.17. The number of carbonyl (C=O) groups is 3. The maximum Gasteiger partial charge on any atom is 0.436 e. The summed E-state index contributed by atoms with van der Waals surface area (Å²) in [5.74, 6) is 1.89. The number of ketones is 1. The second-order valence-corrected chi connectivity index (χ2v) is 10.8. The third kappa shape index (κ3) is 8.68. The fourth-order valence-corrected chi connectivity index (χ4v) is 4.09. The zero-order valence-electron chi connectivity index (χ0n) is 21.9. The van der Waals surface area contributed by atoms with Crippen LogP contribution in [0.2, 0.25) is 0 Å². The second kappa shape index (κ2) is 13.1. The summed E-state index contributed by atoms with van der Waals surface area (Å²) in [6, 6.07) is 19.1. The van der Waals surface area contributed by atoms with Crippen LogP contribution in [0.4, 0.5) is 16.2 Å². The predicted molar refractivity (Wildman–Crippen MR) is 162 cm³/mol. The Labute approximate surface area is 241 Å². The predicted octanol–water partition coefficient (Wildman–Crippen LogP) is 5.39. The van der Waals surface area contributed by atoms with Crippen molar-refractivity contribution in [1.82, 2.24) is 0 Å². The maximum atomic E-state index is 13.2. The largest absolute Gasteiger partial charge is 0.442 e. The van der Waals surface area contributed by atoms with Gasteiger partial charge >= 0.3 is 6.09 Å². The highest BCUT2D eigenvalue weighted by molar-refractivity contribution is 14.1. The van der Waals surface area contributed by atoms with E-state index in [0.29, 0.717) is 33.6 Å². The van der Waals surface area contributed by atoms with E-state index in [1.165, 1.54) is 0 Å². The molecule has 0 bridgehead atoms. The Hall–Kier alpha value is -4.17. The molecule has 39 heavy (non-hydrogen) atoms. The quantitative estimate of drug-likeness (QED) is 0.100. The van der Waals surface area contributed by atoms with Crippen molar-refractivity contribution >= 4 is 57.6 Å². The van der Waals surface area contributed by atoms with Crippen molar-refractivity contribution in [2.75, 3.05) is 17.2 Å². The highest BCUT2D eigenvalue weighted by Crippen LogP contribution is 2.24. The summed E-state index contributed by atoms with van der Waals surface area (Å²) >= 11 is 2.12. The van der Waals surface area contributed by atoms with E-state index < -0.39 is 11.7 Å². The monoisotopic (exact) mass is 636 g/mol. The van der Waals surface area contributed by atoms with Crippen LogP contribution in [0.3, 0.4) is 0 Å². The van der Waals surface area contributed by atoms with Crippen LogP contribution in [0.1, 0.15) is 47.8 Å². The van der Waals surface area contributed by atoms with Gasteiger partial charge in [-0.3, -0.25) is 9.59 Å². The number of rotatable bonds is 8. The lowest BCUT2D eigenvalue weighted by atomic mass is 10.0. The minimum atomic E-state index is -0.817. The molecule has 3 aromatic rings. The van der Waals surface area contributed by atoms with E-state index in [9.17, 15) is 14.4 Å². The molecule has 0 atom stereocenters. The Balaban J connectivity index is 1.88. The molecule has 0 spiro atoms. The van der Waals surface area contributed by atoms with Crippen molar-refractivity contribution < 1.29 is 19.1 Å². The number of halogens is 1. The molecule has 3 rings (SSSR count). The number of nitrogens with two attached hydrogens (primary N) is 1. The Morgan fingerprint density at radius 3 is 2.38 bits per heavy atom. The van der Waals surface area contributed by atoms with Gasteiger partial charge in [0.1, 0.15) is 11.4 Å². The first-order valence-electron chi connectivity index (χ1n) is 12.0. The SMILES string of the molecule is C#CCNc1ccc(C(N)=NC(=O)OC(C)(C)C)cc1CC(=O)Nc1cc(I)ccc1C(=O)c1ccccc1. The van der Waals surface area contributed by atoms with Crippen LogP contribution in [-0.4, -0.2) is 35.8 Å². The molecule has 0 saturated carbocycles. The number of nitrogens with one attached hydrogen (secondary N) is 2. The summed E-state index contributed by atoms with van der Waals surface area (Å²) in [6.45, 7) is 5.42. The van der Waals surface area contributed by atoms with Crippen LogP contribution < -0.4 is 16.4 Å². The summed E-state index contributed by atoms with van der Waals surface area (Å²) in [6.07, 6.45) is 4.52. The van der Waals surface area contributed by atoms with E-state index in [-0.39, 0.29) is 30.5 Å². The number of hydrogen-bond donors (Lipinski definition) is 3. The third-order valence-electron chi connectivity index (χ3n) is 5.27. The highest BCUT2D eigenvalue weighted by atomic mass is 127. The van der Waals surface area contributed by atoms with Gasteiger partial charge in [0, 0.05) is 25.9 Å². The van der Waals surface area contributed by atoms with Gasteiger partial charge in [-0.15, -0.1) is 6.42 Å². The van der Waals surface area contributed by atoms with Gasteiger partial charge < -0.3 is 21.1 Å². The third-order valence-corrected chi connectivity index (χ3v) is 5.95. The molecule has 9 heteroatoms. The number of anilines is 2. The molecule has 8 nitrogen and oxygen atoms in total. The van der Waals surface area contributed by atoms with Crippen LogP contribution >= 0.6 is 22.6 Å². The number of ether oxygens (including phenoxy) is 1. The number of amidine groups is 1. The maximum absolute atomic E-state index is 13.2. The molecule has 0 fully saturated rings. The molecular formula is C30H29IN4O4.